The molecule has 3 rings (SSSR count). The second-order valence-corrected chi connectivity index (χ2v) is 8.89. The molecule has 2 aliphatic rings. The first-order valence-corrected chi connectivity index (χ1v) is 11.2. The molecule has 174 valence electrons. The third kappa shape index (κ3) is 5.92. The lowest BCUT2D eigenvalue weighted by Crippen LogP contribution is -2.45. The van der Waals surface area contributed by atoms with Crippen LogP contribution in [0.1, 0.15) is 56.6 Å². The van der Waals surface area contributed by atoms with E-state index in [1.54, 1.807) is 0 Å². The molecule has 1 aliphatic carbocycles. The number of benzene rings is 1. The summed E-state index contributed by atoms with van der Waals surface area (Å²) in [6.07, 6.45) is 0.871. The van der Waals surface area contributed by atoms with Gasteiger partial charge in [-0.2, -0.15) is 13.2 Å². The van der Waals surface area contributed by atoms with E-state index in [1.165, 1.54) is 12.1 Å². The number of ether oxygens (including phenoxy) is 1. The van der Waals surface area contributed by atoms with Crippen LogP contribution in [-0.4, -0.2) is 50.5 Å². The average molecular weight is 442 g/mol. The molecule has 1 aromatic rings. The van der Waals surface area contributed by atoms with E-state index in [4.69, 9.17) is 9.73 Å². The Morgan fingerprint density at radius 1 is 1.19 bits per heavy atom. The van der Waals surface area contributed by atoms with Crippen LogP contribution in [-0.2, 0) is 16.3 Å². The third-order valence-electron chi connectivity index (χ3n) is 6.70. The van der Waals surface area contributed by atoms with E-state index in [0.29, 0.717) is 45.2 Å². The van der Waals surface area contributed by atoms with Gasteiger partial charge in [0, 0.05) is 37.1 Å². The van der Waals surface area contributed by atoms with Crippen molar-refractivity contribution in [2.24, 2.45) is 10.4 Å². The Balaban J connectivity index is 1.76. The molecule has 1 aliphatic heterocycles. The molecule has 2 fully saturated rings. The van der Waals surface area contributed by atoms with Gasteiger partial charge in [-0.1, -0.05) is 31.0 Å². The summed E-state index contributed by atoms with van der Waals surface area (Å²) in [5.41, 5.74) is -0.340. The standard InChI is InChI=1S/C23H34F3N3O2/c1-2-27-20(28-15-21(10-12-30)11-13-31-17-21)29-16-22(8-3-4-9-22)18-6-5-7-19(14-18)23(24,25)26/h5-7,14,30H,2-4,8-13,15-17H2,1H3,(H2,27,28,29). The lowest BCUT2D eigenvalue weighted by molar-refractivity contribution is -0.137. The molecule has 1 unspecified atom stereocenters. The van der Waals surface area contributed by atoms with E-state index in [2.05, 4.69) is 10.6 Å². The van der Waals surface area contributed by atoms with E-state index in [9.17, 15) is 18.3 Å². The van der Waals surface area contributed by atoms with Crippen molar-refractivity contribution in [1.29, 1.82) is 0 Å². The van der Waals surface area contributed by atoms with E-state index in [-0.39, 0.29) is 17.4 Å². The highest BCUT2D eigenvalue weighted by Crippen LogP contribution is 2.42. The molecule has 3 N–H and O–H groups in total. The van der Waals surface area contributed by atoms with Crippen molar-refractivity contribution in [1.82, 2.24) is 10.6 Å². The van der Waals surface area contributed by atoms with Crippen molar-refractivity contribution in [2.75, 3.05) is 39.5 Å². The Bertz CT molecular complexity index is 740. The van der Waals surface area contributed by atoms with E-state index in [1.807, 2.05) is 13.0 Å². The van der Waals surface area contributed by atoms with Crippen LogP contribution in [0.15, 0.2) is 29.3 Å². The maximum Gasteiger partial charge on any atom is 0.416 e. The van der Waals surface area contributed by atoms with Crippen molar-refractivity contribution in [2.45, 2.75) is 57.0 Å². The molecule has 1 saturated heterocycles. The lowest BCUT2D eigenvalue weighted by atomic mass is 9.78. The molecular formula is C23H34F3N3O2. The number of alkyl halides is 3. The second kappa shape index (κ2) is 10.2. The lowest BCUT2D eigenvalue weighted by Gasteiger charge is -2.32. The first kappa shape index (κ1) is 23.9. The van der Waals surface area contributed by atoms with Gasteiger partial charge in [-0.3, -0.25) is 4.99 Å². The van der Waals surface area contributed by atoms with Crippen LogP contribution in [0.3, 0.4) is 0 Å². The van der Waals surface area contributed by atoms with E-state index >= 15 is 0 Å². The smallest absolute Gasteiger partial charge is 0.396 e. The predicted octanol–water partition coefficient (Wildman–Crippen LogP) is 3.86. The molecule has 1 saturated carbocycles. The number of nitrogens with one attached hydrogen (secondary N) is 2. The molecule has 31 heavy (non-hydrogen) atoms. The topological polar surface area (TPSA) is 65.9 Å². The summed E-state index contributed by atoms with van der Waals surface area (Å²) in [5, 5.41) is 16.1. The van der Waals surface area contributed by atoms with Gasteiger partial charge in [0.05, 0.1) is 18.7 Å². The minimum Gasteiger partial charge on any atom is -0.396 e. The zero-order valence-corrected chi connectivity index (χ0v) is 18.2. The van der Waals surface area contributed by atoms with Crippen LogP contribution in [0, 0.1) is 5.41 Å². The first-order valence-electron chi connectivity index (χ1n) is 11.2. The minimum atomic E-state index is -4.34. The summed E-state index contributed by atoms with van der Waals surface area (Å²) in [6, 6.07) is 5.77. The molecular weight excluding hydrogens is 407 g/mol. The summed E-state index contributed by atoms with van der Waals surface area (Å²) in [7, 11) is 0. The van der Waals surface area contributed by atoms with E-state index < -0.39 is 11.7 Å². The summed E-state index contributed by atoms with van der Waals surface area (Å²) < 4.78 is 45.4. The molecule has 8 heteroatoms. The van der Waals surface area contributed by atoms with Crippen LogP contribution in [0.4, 0.5) is 13.2 Å². The number of rotatable bonds is 8. The SMILES string of the molecule is CCNC(=NCC1(CCO)CCOC1)NCC1(c2cccc(C(F)(F)F)c2)CCCC1. The molecule has 0 bridgehead atoms. The monoisotopic (exact) mass is 441 g/mol. The number of guanidine groups is 1. The molecule has 0 radical (unpaired) electrons. The van der Waals surface area contributed by atoms with Gasteiger partial charge < -0.3 is 20.5 Å². The van der Waals surface area contributed by atoms with Crippen molar-refractivity contribution in [3.8, 4) is 0 Å². The molecule has 0 spiro atoms. The van der Waals surface area contributed by atoms with Crippen molar-refractivity contribution < 1.29 is 23.0 Å². The first-order chi connectivity index (χ1) is 14.8. The van der Waals surface area contributed by atoms with Crippen LogP contribution in [0.25, 0.3) is 0 Å². The molecule has 1 heterocycles. The Labute approximate surface area is 182 Å². The fourth-order valence-corrected chi connectivity index (χ4v) is 4.77. The molecule has 5 nitrogen and oxygen atoms in total. The fraction of sp³-hybridized carbons (Fsp3) is 0.696. The highest BCUT2D eigenvalue weighted by molar-refractivity contribution is 5.80. The fourth-order valence-electron chi connectivity index (χ4n) is 4.77. The van der Waals surface area contributed by atoms with Gasteiger partial charge in [-0.15, -0.1) is 0 Å². The Morgan fingerprint density at radius 2 is 1.97 bits per heavy atom. The molecule has 0 amide bonds. The van der Waals surface area contributed by atoms with Gasteiger partial charge in [0.15, 0.2) is 5.96 Å². The van der Waals surface area contributed by atoms with Crippen LogP contribution >= 0.6 is 0 Å². The zero-order valence-electron chi connectivity index (χ0n) is 18.2. The Hall–Kier alpha value is -1.80. The quantitative estimate of drug-likeness (QED) is 0.423. The van der Waals surface area contributed by atoms with Gasteiger partial charge in [0.2, 0.25) is 0 Å². The number of nitrogens with zero attached hydrogens (tertiary/aromatic N) is 1. The van der Waals surface area contributed by atoms with Gasteiger partial charge >= 0.3 is 6.18 Å². The number of halogens is 3. The number of hydrogen-bond donors (Lipinski definition) is 3. The summed E-state index contributed by atoms with van der Waals surface area (Å²) >= 11 is 0. The largest absolute Gasteiger partial charge is 0.416 e. The molecule has 0 aromatic heterocycles. The van der Waals surface area contributed by atoms with Gasteiger partial charge in [-0.25, -0.2) is 0 Å². The van der Waals surface area contributed by atoms with Gasteiger partial charge in [0.25, 0.3) is 0 Å². The van der Waals surface area contributed by atoms with Crippen LogP contribution < -0.4 is 10.6 Å². The average Bonchev–Trinajstić information content (AvgIpc) is 3.41. The normalized spacial score (nSPS) is 23.8. The number of aliphatic hydroxyl groups excluding tert-OH is 1. The highest BCUT2D eigenvalue weighted by Gasteiger charge is 2.38. The van der Waals surface area contributed by atoms with Crippen molar-refractivity contribution in [3.63, 3.8) is 0 Å². The molecule has 1 atom stereocenters. The second-order valence-electron chi connectivity index (χ2n) is 8.89. The minimum absolute atomic E-state index is 0.0987. The van der Waals surface area contributed by atoms with Gasteiger partial charge in [-0.05, 0) is 44.2 Å². The van der Waals surface area contributed by atoms with Crippen LogP contribution in [0.5, 0.6) is 0 Å². The third-order valence-corrected chi connectivity index (χ3v) is 6.70. The summed E-state index contributed by atoms with van der Waals surface area (Å²) in [6.45, 7) is 5.11. The number of aliphatic hydroxyl groups is 1. The van der Waals surface area contributed by atoms with Gasteiger partial charge in [0.1, 0.15) is 0 Å². The van der Waals surface area contributed by atoms with Crippen LogP contribution in [0.2, 0.25) is 0 Å². The summed E-state index contributed by atoms with van der Waals surface area (Å²) in [5.74, 6) is 0.657. The maximum absolute atomic E-state index is 13.3. The maximum atomic E-state index is 13.3. The molecule has 1 aromatic carbocycles. The summed E-state index contributed by atoms with van der Waals surface area (Å²) in [4.78, 5) is 4.75. The number of aliphatic imine (C=N–C) groups is 1. The Morgan fingerprint density at radius 3 is 2.58 bits per heavy atom. The Kier molecular flexibility index (Phi) is 7.86. The number of hydrogen-bond acceptors (Lipinski definition) is 3. The highest BCUT2D eigenvalue weighted by atomic mass is 19.4. The van der Waals surface area contributed by atoms with E-state index in [0.717, 1.165) is 43.7 Å². The van der Waals surface area contributed by atoms with Crippen molar-refractivity contribution in [3.05, 3.63) is 35.4 Å². The zero-order chi connectivity index (χ0) is 22.4. The predicted molar refractivity (Wildman–Crippen MR) is 115 cm³/mol. The van der Waals surface area contributed by atoms with Crippen molar-refractivity contribution >= 4 is 5.96 Å².